The number of nitrogens with zero attached hydrogens (tertiary/aromatic N) is 6. The Morgan fingerprint density at radius 3 is 2.82 bits per heavy atom. The van der Waals surface area contributed by atoms with Gasteiger partial charge in [0.25, 0.3) is 5.91 Å². The van der Waals surface area contributed by atoms with Crippen LogP contribution in [0.4, 0.5) is 21.7 Å². The summed E-state index contributed by atoms with van der Waals surface area (Å²) in [6.07, 6.45) is 6.05. The summed E-state index contributed by atoms with van der Waals surface area (Å²) < 4.78 is 21.2. The van der Waals surface area contributed by atoms with Crippen LogP contribution in [0.2, 0.25) is 0 Å². The minimum absolute atomic E-state index is 0.152. The zero-order valence-corrected chi connectivity index (χ0v) is 21.7. The smallest absolute Gasteiger partial charge is 0.254 e. The van der Waals surface area contributed by atoms with E-state index in [0.717, 1.165) is 67.5 Å². The zero-order chi connectivity index (χ0) is 26.5. The molecule has 11 heteroatoms. The first-order chi connectivity index (χ1) is 19.0. The molecule has 2 fully saturated rings. The number of aromatic nitrogens is 4. The lowest BCUT2D eigenvalue weighted by atomic mass is 9.99. The third-order valence-corrected chi connectivity index (χ3v) is 7.88. The summed E-state index contributed by atoms with van der Waals surface area (Å²) in [5.74, 6) is 1.21. The highest BCUT2D eigenvalue weighted by Gasteiger charge is 2.30. The molecule has 1 aromatic carbocycles. The van der Waals surface area contributed by atoms with Gasteiger partial charge in [0.05, 0.1) is 41.6 Å². The largest absolute Gasteiger partial charge is 0.381 e. The molecule has 7 rings (SSSR count). The van der Waals surface area contributed by atoms with Crippen LogP contribution in [0.3, 0.4) is 0 Å². The fraction of sp³-hybridized carbons (Fsp3) is 0.357. The van der Waals surface area contributed by atoms with Crippen molar-refractivity contribution in [2.45, 2.75) is 18.9 Å². The molecule has 1 atom stereocenters. The van der Waals surface area contributed by atoms with E-state index in [4.69, 9.17) is 14.7 Å². The molecule has 0 radical (unpaired) electrons. The number of amides is 1. The number of carbonyl (C=O) groups is 1. The van der Waals surface area contributed by atoms with Crippen molar-refractivity contribution in [1.82, 2.24) is 29.6 Å². The highest BCUT2D eigenvalue weighted by atomic mass is 19.1. The van der Waals surface area contributed by atoms with Crippen molar-refractivity contribution in [2.24, 2.45) is 0 Å². The number of hydrogen-bond acceptors (Lipinski definition) is 8. The van der Waals surface area contributed by atoms with E-state index in [9.17, 15) is 9.18 Å². The van der Waals surface area contributed by atoms with E-state index in [0.29, 0.717) is 35.9 Å². The summed E-state index contributed by atoms with van der Waals surface area (Å²) in [6.45, 7) is 5.48. The maximum Gasteiger partial charge on any atom is 0.254 e. The Morgan fingerprint density at radius 1 is 1.13 bits per heavy atom. The number of piperazine rings is 1. The van der Waals surface area contributed by atoms with Crippen LogP contribution >= 0.6 is 0 Å². The number of likely N-dealkylation sites (N-methyl/N-ethyl adjacent to an activating group) is 1. The number of hydrogen-bond donors (Lipinski definition) is 2. The van der Waals surface area contributed by atoms with Gasteiger partial charge in [0.2, 0.25) is 0 Å². The average Bonchev–Trinajstić information content (AvgIpc) is 3.70. The second-order valence-corrected chi connectivity index (χ2v) is 10.4. The van der Waals surface area contributed by atoms with Crippen LogP contribution in [0.5, 0.6) is 0 Å². The van der Waals surface area contributed by atoms with E-state index in [1.807, 2.05) is 16.5 Å². The lowest BCUT2D eigenvalue weighted by molar-refractivity contribution is 0.0966. The molecular formula is C28H29FN8O2. The predicted molar refractivity (Wildman–Crippen MR) is 145 cm³/mol. The summed E-state index contributed by atoms with van der Waals surface area (Å²) in [7, 11) is 2.13. The van der Waals surface area contributed by atoms with Crippen molar-refractivity contribution in [3.63, 3.8) is 0 Å². The predicted octanol–water partition coefficient (Wildman–Crippen LogP) is 3.17. The van der Waals surface area contributed by atoms with Crippen molar-refractivity contribution in [3.05, 3.63) is 65.5 Å². The SMILES string of the molecule is CN1CCN(c2nc(Nc3ccc(-c4cnc5cc(F)ccn45)c4c3C(=O)NC4)cnc2[C@H]2CCOC2)CC1. The number of nitrogens with one attached hydrogen (secondary N) is 2. The third-order valence-electron chi connectivity index (χ3n) is 7.88. The van der Waals surface area contributed by atoms with Gasteiger partial charge in [-0.05, 0) is 31.2 Å². The molecule has 3 aromatic heterocycles. The number of imidazole rings is 1. The van der Waals surface area contributed by atoms with E-state index >= 15 is 0 Å². The molecule has 3 aliphatic heterocycles. The van der Waals surface area contributed by atoms with E-state index in [1.165, 1.54) is 12.1 Å². The van der Waals surface area contributed by atoms with Gasteiger partial charge in [-0.2, -0.15) is 0 Å². The lowest BCUT2D eigenvalue weighted by Crippen LogP contribution is -2.45. The summed E-state index contributed by atoms with van der Waals surface area (Å²) in [5.41, 5.74) is 5.25. The first kappa shape index (κ1) is 24.0. The van der Waals surface area contributed by atoms with Gasteiger partial charge in [-0.25, -0.2) is 14.4 Å². The number of anilines is 3. The Kier molecular flexibility index (Phi) is 5.89. The second-order valence-electron chi connectivity index (χ2n) is 10.4. The van der Waals surface area contributed by atoms with Crippen LogP contribution in [0.25, 0.3) is 16.9 Å². The Labute approximate surface area is 224 Å². The summed E-state index contributed by atoms with van der Waals surface area (Å²) in [5, 5.41) is 6.34. The average molecular weight is 529 g/mol. The van der Waals surface area contributed by atoms with Crippen LogP contribution in [-0.4, -0.2) is 76.6 Å². The summed E-state index contributed by atoms with van der Waals surface area (Å²) in [6, 6.07) is 6.64. The van der Waals surface area contributed by atoms with E-state index in [1.54, 1.807) is 18.6 Å². The van der Waals surface area contributed by atoms with Gasteiger partial charge in [0.1, 0.15) is 11.5 Å². The highest BCUT2D eigenvalue weighted by Crippen LogP contribution is 2.37. The van der Waals surface area contributed by atoms with Crippen LogP contribution < -0.4 is 15.5 Å². The van der Waals surface area contributed by atoms with Crippen LogP contribution in [-0.2, 0) is 11.3 Å². The van der Waals surface area contributed by atoms with Crippen molar-refractivity contribution >= 4 is 28.9 Å². The third kappa shape index (κ3) is 4.27. The Hall–Kier alpha value is -4.09. The van der Waals surface area contributed by atoms with Gasteiger partial charge in [0.15, 0.2) is 11.6 Å². The maximum atomic E-state index is 13.7. The molecule has 2 saturated heterocycles. The number of pyridine rings is 1. The van der Waals surface area contributed by atoms with Gasteiger partial charge in [-0.3, -0.25) is 14.2 Å². The normalized spacial score (nSPS) is 19.5. The summed E-state index contributed by atoms with van der Waals surface area (Å²) >= 11 is 0. The van der Waals surface area contributed by atoms with Crippen molar-refractivity contribution in [3.8, 4) is 11.3 Å². The molecule has 6 heterocycles. The Morgan fingerprint density at radius 2 is 2.00 bits per heavy atom. The molecule has 3 aliphatic rings. The van der Waals surface area contributed by atoms with Gasteiger partial charge >= 0.3 is 0 Å². The molecule has 0 spiro atoms. The van der Waals surface area contributed by atoms with Crippen LogP contribution in [0.1, 0.15) is 34.0 Å². The zero-order valence-electron chi connectivity index (χ0n) is 21.7. The number of carbonyl (C=O) groups excluding carboxylic acids is 1. The standard InChI is InChI=1S/C28H29FN8O2/c1-35-7-9-36(10-8-35)27-26(17-5-11-39-16-17)31-15-23(34-27)33-21-3-2-19(20-13-32-28(38)25(20)21)22-14-30-24-12-18(29)4-6-37(22)24/h2-4,6,12,14-15,17H,5,7-11,13,16H2,1H3,(H,32,38)(H,33,34)/t17-/m0/s1. The molecule has 0 unspecified atom stereocenters. The minimum atomic E-state index is -0.343. The maximum absolute atomic E-state index is 13.7. The molecule has 1 amide bonds. The topological polar surface area (TPSA) is 99.9 Å². The van der Waals surface area contributed by atoms with E-state index in [2.05, 4.69) is 32.5 Å². The van der Waals surface area contributed by atoms with Gasteiger partial charge in [0, 0.05) is 63.1 Å². The van der Waals surface area contributed by atoms with Crippen molar-refractivity contribution < 1.29 is 13.9 Å². The second kappa shape index (κ2) is 9.58. The number of rotatable bonds is 5. The molecule has 200 valence electrons. The summed E-state index contributed by atoms with van der Waals surface area (Å²) in [4.78, 5) is 31.9. The van der Waals surface area contributed by atoms with Gasteiger partial charge in [-0.1, -0.05) is 6.07 Å². The first-order valence-electron chi connectivity index (χ1n) is 13.3. The molecule has 0 aliphatic carbocycles. The lowest BCUT2D eigenvalue weighted by Gasteiger charge is -2.34. The highest BCUT2D eigenvalue weighted by molar-refractivity contribution is 6.06. The van der Waals surface area contributed by atoms with E-state index in [-0.39, 0.29) is 17.6 Å². The fourth-order valence-corrected chi connectivity index (χ4v) is 5.72. The van der Waals surface area contributed by atoms with Crippen molar-refractivity contribution in [1.29, 1.82) is 0 Å². The molecule has 0 bridgehead atoms. The molecular weight excluding hydrogens is 499 g/mol. The quantitative estimate of drug-likeness (QED) is 0.408. The van der Waals surface area contributed by atoms with Gasteiger partial charge in [-0.15, -0.1) is 0 Å². The molecule has 0 saturated carbocycles. The number of benzene rings is 1. The minimum Gasteiger partial charge on any atom is -0.381 e. The molecule has 2 N–H and O–H groups in total. The van der Waals surface area contributed by atoms with Crippen LogP contribution in [0, 0.1) is 5.82 Å². The molecule has 10 nitrogen and oxygen atoms in total. The Bertz CT molecular complexity index is 1570. The Balaban J connectivity index is 1.25. The molecule has 39 heavy (non-hydrogen) atoms. The molecule has 4 aromatic rings. The van der Waals surface area contributed by atoms with Gasteiger partial charge < -0.3 is 25.2 Å². The van der Waals surface area contributed by atoms with Crippen LogP contribution in [0.15, 0.2) is 42.9 Å². The number of ether oxygens (including phenoxy) is 1. The first-order valence-corrected chi connectivity index (χ1v) is 13.3. The fourth-order valence-electron chi connectivity index (χ4n) is 5.72. The number of fused-ring (bicyclic) bond motifs is 2. The monoisotopic (exact) mass is 528 g/mol. The number of halogens is 1. The van der Waals surface area contributed by atoms with E-state index < -0.39 is 0 Å². The van der Waals surface area contributed by atoms with Crippen molar-refractivity contribution in [2.75, 3.05) is 56.7 Å².